The largest absolute Gasteiger partial charge is 0.320 e. The number of amides is 1. The van der Waals surface area contributed by atoms with E-state index >= 15 is 0 Å². The summed E-state index contributed by atoms with van der Waals surface area (Å²) in [6, 6.07) is 6.04. The Morgan fingerprint density at radius 3 is 2.86 bits per heavy atom. The fourth-order valence-electron chi connectivity index (χ4n) is 2.58. The van der Waals surface area contributed by atoms with Gasteiger partial charge in [0.1, 0.15) is 0 Å². The molecule has 1 aromatic carbocycles. The molecule has 21 heavy (non-hydrogen) atoms. The van der Waals surface area contributed by atoms with E-state index in [4.69, 9.17) is 5.73 Å². The fraction of sp³-hybridized carbons (Fsp3) is 0.375. The van der Waals surface area contributed by atoms with Gasteiger partial charge in [0.05, 0.1) is 11.7 Å². The predicted octanol–water partition coefficient (Wildman–Crippen LogP) is 2.97. The normalized spacial score (nSPS) is 15.3. The number of rotatable bonds is 3. The van der Waals surface area contributed by atoms with Crippen molar-refractivity contribution in [3.63, 3.8) is 0 Å². The molecule has 110 valence electrons. The van der Waals surface area contributed by atoms with Gasteiger partial charge >= 0.3 is 0 Å². The van der Waals surface area contributed by atoms with Crippen molar-refractivity contribution in [2.45, 2.75) is 38.6 Å². The van der Waals surface area contributed by atoms with Crippen molar-refractivity contribution in [2.24, 2.45) is 5.73 Å². The highest BCUT2D eigenvalue weighted by molar-refractivity contribution is 7.14. The van der Waals surface area contributed by atoms with Crippen molar-refractivity contribution in [3.05, 3.63) is 34.7 Å². The van der Waals surface area contributed by atoms with E-state index in [0.29, 0.717) is 5.13 Å². The van der Waals surface area contributed by atoms with Crippen molar-refractivity contribution in [3.8, 4) is 11.3 Å². The third kappa shape index (κ3) is 3.14. The monoisotopic (exact) mass is 301 g/mol. The van der Waals surface area contributed by atoms with Crippen LogP contribution in [0, 0.1) is 0 Å². The predicted molar refractivity (Wildman–Crippen MR) is 86.5 cm³/mol. The quantitative estimate of drug-likeness (QED) is 0.916. The molecular weight excluding hydrogens is 282 g/mol. The van der Waals surface area contributed by atoms with E-state index in [1.807, 2.05) is 5.38 Å². The summed E-state index contributed by atoms with van der Waals surface area (Å²) in [7, 11) is 0. The molecule has 3 N–H and O–H groups in total. The van der Waals surface area contributed by atoms with Gasteiger partial charge in [-0.3, -0.25) is 4.79 Å². The fourth-order valence-corrected chi connectivity index (χ4v) is 3.30. The van der Waals surface area contributed by atoms with Gasteiger partial charge in [-0.05, 0) is 49.8 Å². The van der Waals surface area contributed by atoms with E-state index < -0.39 is 6.04 Å². The Labute approximate surface area is 128 Å². The molecule has 0 fully saturated rings. The van der Waals surface area contributed by atoms with Crippen molar-refractivity contribution < 1.29 is 4.79 Å². The highest BCUT2D eigenvalue weighted by Gasteiger charge is 2.13. The first-order chi connectivity index (χ1) is 10.1. The minimum atomic E-state index is -0.527. The molecule has 0 saturated heterocycles. The van der Waals surface area contributed by atoms with Gasteiger partial charge in [-0.15, -0.1) is 11.3 Å². The summed E-state index contributed by atoms with van der Waals surface area (Å²) < 4.78 is 0. The molecule has 0 radical (unpaired) electrons. The minimum absolute atomic E-state index is 0.207. The second-order valence-electron chi connectivity index (χ2n) is 5.51. The van der Waals surface area contributed by atoms with Crippen LogP contribution < -0.4 is 11.1 Å². The van der Waals surface area contributed by atoms with E-state index in [1.54, 1.807) is 6.92 Å². The third-order valence-electron chi connectivity index (χ3n) is 3.79. The van der Waals surface area contributed by atoms with E-state index in [1.165, 1.54) is 41.7 Å². The number of thiazole rings is 1. The Hall–Kier alpha value is -1.72. The lowest BCUT2D eigenvalue weighted by Crippen LogP contribution is -2.32. The minimum Gasteiger partial charge on any atom is -0.320 e. The SMILES string of the molecule is C[C@H](N)C(=O)Nc1nc(-c2ccc3c(c2)CCCC3)cs1. The first-order valence-corrected chi connectivity index (χ1v) is 8.15. The number of nitrogens with one attached hydrogen (secondary N) is 1. The Morgan fingerprint density at radius 2 is 2.10 bits per heavy atom. The molecule has 5 heteroatoms. The topological polar surface area (TPSA) is 68.0 Å². The zero-order chi connectivity index (χ0) is 14.8. The number of carbonyl (C=O) groups is 1. The number of nitrogens with zero attached hydrogens (tertiary/aromatic N) is 1. The van der Waals surface area contributed by atoms with Gasteiger partial charge < -0.3 is 11.1 Å². The van der Waals surface area contributed by atoms with Gasteiger partial charge in [0.15, 0.2) is 5.13 Å². The summed E-state index contributed by atoms with van der Waals surface area (Å²) in [5.74, 6) is -0.207. The van der Waals surface area contributed by atoms with Gasteiger partial charge in [-0.25, -0.2) is 4.98 Å². The average Bonchev–Trinajstić information content (AvgIpc) is 2.95. The summed E-state index contributed by atoms with van der Waals surface area (Å²) >= 11 is 1.43. The maximum Gasteiger partial charge on any atom is 0.242 e. The molecule has 1 heterocycles. The van der Waals surface area contributed by atoms with Crippen LogP contribution in [0.5, 0.6) is 0 Å². The van der Waals surface area contributed by atoms with Gasteiger partial charge in [-0.1, -0.05) is 12.1 Å². The van der Waals surface area contributed by atoms with E-state index in [2.05, 4.69) is 28.5 Å². The summed E-state index contributed by atoms with van der Waals surface area (Å²) in [6.07, 6.45) is 4.89. The third-order valence-corrected chi connectivity index (χ3v) is 4.55. The van der Waals surface area contributed by atoms with Gasteiger partial charge in [0, 0.05) is 10.9 Å². The van der Waals surface area contributed by atoms with Crippen LogP contribution in [-0.2, 0) is 17.6 Å². The second kappa shape index (κ2) is 5.95. The molecule has 3 rings (SSSR count). The molecular formula is C16H19N3OS. The molecule has 4 nitrogen and oxygen atoms in total. The Morgan fingerprint density at radius 1 is 1.33 bits per heavy atom. The summed E-state index contributed by atoms with van der Waals surface area (Å²) in [5.41, 5.74) is 10.5. The molecule has 0 spiro atoms. The lowest BCUT2D eigenvalue weighted by Gasteiger charge is -2.16. The number of benzene rings is 1. The first-order valence-electron chi connectivity index (χ1n) is 7.27. The second-order valence-corrected chi connectivity index (χ2v) is 6.36. The van der Waals surface area contributed by atoms with Gasteiger partial charge in [-0.2, -0.15) is 0 Å². The van der Waals surface area contributed by atoms with Crippen LogP contribution in [0.3, 0.4) is 0 Å². The maximum atomic E-state index is 11.6. The number of anilines is 1. The number of hydrogen-bond donors (Lipinski definition) is 2. The van der Waals surface area contributed by atoms with E-state index in [-0.39, 0.29) is 5.91 Å². The van der Waals surface area contributed by atoms with Gasteiger partial charge in [0.2, 0.25) is 5.91 Å². The zero-order valence-electron chi connectivity index (χ0n) is 12.1. The number of aryl methyl sites for hydroxylation is 2. The summed E-state index contributed by atoms with van der Waals surface area (Å²) in [4.78, 5) is 16.1. The van der Waals surface area contributed by atoms with Crippen molar-refractivity contribution in [2.75, 3.05) is 5.32 Å². The Kier molecular flexibility index (Phi) is 4.03. The maximum absolute atomic E-state index is 11.6. The lowest BCUT2D eigenvalue weighted by molar-refractivity contribution is -0.117. The molecule has 0 unspecified atom stereocenters. The molecule has 0 saturated carbocycles. The van der Waals surface area contributed by atoms with Crippen molar-refractivity contribution >= 4 is 22.4 Å². The molecule has 1 atom stereocenters. The van der Waals surface area contributed by atoms with Crippen LogP contribution in [0.2, 0.25) is 0 Å². The van der Waals surface area contributed by atoms with Crippen molar-refractivity contribution in [1.82, 2.24) is 4.98 Å². The van der Waals surface area contributed by atoms with E-state index in [0.717, 1.165) is 17.7 Å². The average molecular weight is 301 g/mol. The molecule has 1 amide bonds. The van der Waals surface area contributed by atoms with Crippen LogP contribution in [-0.4, -0.2) is 16.9 Å². The zero-order valence-corrected chi connectivity index (χ0v) is 12.9. The van der Waals surface area contributed by atoms with Crippen LogP contribution >= 0.6 is 11.3 Å². The molecule has 1 aromatic heterocycles. The van der Waals surface area contributed by atoms with E-state index in [9.17, 15) is 4.79 Å². The Balaban J connectivity index is 1.81. The van der Waals surface area contributed by atoms with Crippen molar-refractivity contribution in [1.29, 1.82) is 0 Å². The van der Waals surface area contributed by atoms with Crippen LogP contribution in [0.4, 0.5) is 5.13 Å². The number of nitrogens with two attached hydrogens (primary N) is 1. The highest BCUT2D eigenvalue weighted by Crippen LogP contribution is 2.29. The number of hydrogen-bond acceptors (Lipinski definition) is 4. The summed E-state index contributed by atoms with van der Waals surface area (Å²) in [6.45, 7) is 1.66. The molecule has 0 bridgehead atoms. The van der Waals surface area contributed by atoms with Crippen LogP contribution in [0.1, 0.15) is 30.9 Å². The van der Waals surface area contributed by atoms with Gasteiger partial charge in [0.25, 0.3) is 0 Å². The first kappa shape index (κ1) is 14.2. The van der Waals surface area contributed by atoms with Crippen LogP contribution in [0.15, 0.2) is 23.6 Å². The molecule has 1 aliphatic carbocycles. The number of aromatic nitrogens is 1. The molecule has 1 aliphatic rings. The lowest BCUT2D eigenvalue weighted by atomic mass is 9.90. The molecule has 2 aromatic rings. The smallest absolute Gasteiger partial charge is 0.242 e. The van der Waals surface area contributed by atoms with Crippen LogP contribution in [0.25, 0.3) is 11.3 Å². The number of carbonyl (C=O) groups excluding carboxylic acids is 1. The standard InChI is InChI=1S/C16H19N3OS/c1-10(17)15(20)19-16-18-14(9-21-16)13-7-6-11-4-2-3-5-12(11)8-13/h6-10H,2-5,17H2,1H3,(H,18,19,20)/t10-/m0/s1. The number of fused-ring (bicyclic) bond motifs is 1. The summed E-state index contributed by atoms with van der Waals surface area (Å²) in [5, 5.41) is 5.31. The highest BCUT2D eigenvalue weighted by atomic mass is 32.1. The molecule has 0 aliphatic heterocycles. The Bertz CT molecular complexity index is 663.